The van der Waals surface area contributed by atoms with Gasteiger partial charge in [0.25, 0.3) is 0 Å². The molecule has 2 aliphatic heterocycles. The minimum Gasteiger partial charge on any atom is -0.332 e. The van der Waals surface area contributed by atoms with E-state index < -0.39 is 0 Å². The van der Waals surface area contributed by atoms with Gasteiger partial charge in [-0.15, -0.1) is 10.2 Å². The van der Waals surface area contributed by atoms with Crippen molar-refractivity contribution in [2.24, 2.45) is 17.8 Å². The van der Waals surface area contributed by atoms with Gasteiger partial charge in [0.05, 0.1) is 6.04 Å². The average Bonchev–Trinajstić information content (AvgIpc) is 3.35. The third-order valence-corrected chi connectivity index (χ3v) is 7.03. The molecule has 1 amide bonds. The Balaban J connectivity index is 1.40. The lowest BCUT2D eigenvalue weighted by Gasteiger charge is -2.30. The molecule has 2 bridgehead atoms. The lowest BCUT2D eigenvalue weighted by Crippen LogP contribution is -2.38. The SMILES string of the molecule is O=C(C1CC2CCC1C2)N1CCCC1c1nnc2n1CCCCC2. The quantitative estimate of drug-likeness (QED) is 0.838. The Morgan fingerprint density at radius 1 is 0.958 bits per heavy atom. The van der Waals surface area contributed by atoms with Gasteiger partial charge in [-0.1, -0.05) is 12.8 Å². The lowest BCUT2D eigenvalue weighted by molar-refractivity contribution is -0.138. The zero-order chi connectivity index (χ0) is 16.1. The highest BCUT2D eigenvalue weighted by Crippen LogP contribution is 2.50. The Morgan fingerprint density at radius 2 is 1.92 bits per heavy atom. The highest BCUT2D eigenvalue weighted by Gasteiger charge is 2.46. The normalized spacial score (nSPS) is 35.2. The van der Waals surface area contributed by atoms with Gasteiger partial charge in [-0.2, -0.15) is 0 Å². The summed E-state index contributed by atoms with van der Waals surface area (Å²) in [7, 11) is 0. The molecular weight excluding hydrogens is 300 g/mol. The minimum absolute atomic E-state index is 0.177. The fraction of sp³-hybridized carbons (Fsp3) is 0.842. The molecule has 5 heteroatoms. The van der Waals surface area contributed by atoms with E-state index in [1.54, 1.807) is 0 Å². The molecule has 4 unspecified atom stereocenters. The van der Waals surface area contributed by atoms with Crippen LogP contribution in [0.25, 0.3) is 0 Å². The molecule has 1 aromatic heterocycles. The van der Waals surface area contributed by atoms with Gasteiger partial charge in [-0.05, 0) is 56.8 Å². The zero-order valence-electron chi connectivity index (χ0n) is 14.5. The fourth-order valence-electron chi connectivity index (χ4n) is 5.81. The van der Waals surface area contributed by atoms with E-state index in [-0.39, 0.29) is 6.04 Å². The summed E-state index contributed by atoms with van der Waals surface area (Å²) >= 11 is 0. The Hall–Kier alpha value is -1.39. The van der Waals surface area contributed by atoms with Gasteiger partial charge in [0.2, 0.25) is 5.91 Å². The molecule has 0 spiro atoms. The van der Waals surface area contributed by atoms with Crippen LogP contribution in [0.15, 0.2) is 0 Å². The Labute approximate surface area is 143 Å². The fourth-order valence-corrected chi connectivity index (χ4v) is 5.81. The molecule has 0 aromatic carbocycles. The van der Waals surface area contributed by atoms with Crippen molar-refractivity contribution < 1.29 is 4.79 Å². The topological polar surface area (TPSA) is 51.0 Å². The summed E-state index contributed by atoms with van der Waals surface area (Å²) in [6, 6.07) is 0.177. The number of carbonyl (C=O) groups excluding carboxylic acids is 1. The van der Waals surface area contributed by atoms with E-state index in [1.165, 1.54) is 38.5 Å². The number of hydrogen-bond acceptors (Lipinski definition) is 3. The molecule has 2 saturated carbocycles. The molecule has 0 N–H and O–H groups in total. The molecule has 3 fully saturated rings. The average molecular weight is 328 g/mol. The van der Waals surface area contributed by atoms with Gasteiger partial charge in [0.1, 0.15) is 5.82 Å². The van der Waals surface area contributed by atoms with Gasteiger partial charge >= 0.3 is 0 Å². The highest BCUT2D eigenvalue weighted by atomic mass is 16.2. The van der Waals surface area contributed by atoms with Crippen LogP contribution in [-0.4, -0.2) is 32.1 Å². The minimum atomic E-state index is 0.177. The number of fused-ring (bicyclic) bond motifs is 3. The van der Waals surface area contributed by atoms with E-state index in [4.69, 9.17) is 0 Å². The standard InChI is InChI=1S/C19H28N4O/c24-19(15-12-13-7-8-14(15)11-13)22-10-4-5-16(22)18-21-20-17-6-2-1-3-9-23(17)18/h13-16H,1-12H2. The molecule has 5 rings (SSSR count). The first-order valence-corrected chi connectivity index (χ1v) is 10.0. The molecule has 4 atom stereocenters. The van der Waals surface area contributed by atoms with Gasteiger partial charge < -0.3 is 9.47 Å². The lowest BCUT2D eigenvalue weighted by atomic mass is 9.87. The number of aryl methyl sites for hydroxylation is 1. The van der Waals surface area contributed by atoms with Crippen LogP contribution in [0.2, 0.25) is 0 Å². The number of aromatic nitrogens is 3. The molecule has 1 aromatic rings. The van der Waals surface area contributed by atoms with Crippen LogP contribution in [-0.2, 0) is 17.8 Å². The molecule has 24 heavy (non-hydrogen) atoms. The summed E-state index contributed by atoms with van der Waals surface area (Å²) in [4.78, 5) is 15.4. The maximum absolute atomic E-state index is 13.2. The molecule has 130 valence electrons. The van der Waals surface area contributed by atoms with Crippen molar-refractivity contribution in [3.63, 3.8) is 0 Å². The third kappa shape index (κ3) is 2.31. The van der Waals surface area contributed by atoms with Crippen molar-refractivity contribution in [3.05, 3.63) is 11.6 Å². The number of hydrogen-bond donors (Lipinski definition) is 0. The van der Waals surface area contributed by atoms with Crippen molar-refractivity contribution >= 4 is 5.91 Å². The number of nitrogens with zero attached hydrogens (tertiary/aromatic N) is 4. The van der Waals surface area contributed by atoms with E-state index in [9.17, 15) is 4.79 Å². The third-order valence-electron chi connectivity index (χ3n) is 7.03. The first-order chi connectivity index (χ1) is 11.8. The van der Waals surface area contributed by atoms with Crippen LogP contribution >= 0.6 is 0 Å². The second kappa shape index (κ2) is 5.85. The van der Waals surface area contributed by atoms with Gasteiger partial charge in [-0.3, -0.25) is 4.79 Å². The number of likely N-dealkylation sites (tertiary alicyclic amines) is 1. The van der Waals surface area contributed by atoms with Crippen molar-refractivity contribution in [2.45, 2.75) is 76.8 Å². The van der Waals surface area contributed by atoms with Crippen LogP contribution in [0, 0.1) is 17.8 Å². The molecular formula is C19H28N4O. The summed E-state index contributed by atoms with van der Waals surface area (Å²) in [5, 5.41) is 9.01. The zero-order valence-corrected chi connectivity index (χ0v) is 14.5. The first-order valence-electron chi connectivity index (χ1n) is 10.0. The first kappa shape index (κ1) is 14.9. The van der Waals surface area contributed by atoms with Gasteiger partial charge in [0, 0.05) is 25.4 Å². The summed E-state index contributed by atoms with van der Waals surface area (Å²) in [5.74, 6) is 4.43. The monoisotopic (exact) mass is 328 g/mol. The van der Waals surface area contributed by atoms with E-state index in [0.29, 0.717) is 17.7 Å². The van der Waals surface area contributed by atoms with Crippen molar-refractivity contribution in [3.8, 4) is 0 Å². The molecule has 3 heterocycles. The molecule has 0 radical (unpaired) electrons. The van der Waals surface area contributed by atoms with Crippen molar-refractivity contribution in [1.29, 1.82) is 0 Å². The summed E-state index contributed by atoms with van der Waals surface area (Å²) in [5.41, 5.74) is 0. The van der Waals surface area contributed by atoms with Crippen molar-refractivity contribution in [2.75, 3.05) is 6.54 Å². The predicted molar refractivity (Wildman–Crippen MR) is 90.2 cm³/mol. The summed E-state index contributed by atoms with van der Waals surface area (Å²) in [6.45, 7) is 1.95. The summed E-state index contributed by atoms with van der Waals surface area (Å²) < 4.78 is 2.34. The van der Waals surface area contributed by atoms with Crippen molar-refractivity contribution in [1.82, 2.24) is 19.7 Å². The number of rotatable bonds is 2. The Morgan fingerprint density at radius 3 is 2.75 bits per heavy atom. The summed E-state index contributed by atoms with van der Waals surface area (Å²) in [6.07, 6.45) is 12.0. The van der Waals surface area contributed by atoms with E-state index in [1.807, 2.05) is 0 Å². The molecule has 2 aliphatic carbocycles. The Kier molecular flexibility index (Phi) is 3.64. The smallest absolute Gasteiger partial charge is 0.226 e. The molecule has 1 saturated heterocycles. The van der Waals surface area contributed by atoms with E-state index in [0.717, 1.165) is 56.3 Å². The van der Waals surface area contributed by atoms with Gasteiger partial charge in [-0.25, -0.2) is 0 Å². The molecule has 5 nitrogen and oxygen atoms in total. The van der Waals surface area contributed by atoms with Crippen LogP contribution in [0.1, 0.15) is 75.5 Å². The second-order valence-electron chi connectivity index (χ2n) is 8.41. The number of amides is 1. The van der Waals surface area contributed by atoms with Crippen LogP contribution in [0.5, 0.6) is 0 Å². The van der Waals surface area contributed by atoms with Gasteiger partial charge in [0.15, 0.2) is 5.82 Å². The highest BCUT2D eigenvalue weighted by molar-refractivity contribution is 5.80. The van der Waals surface area contributed by atoms with Crippen LogP contribution in [0.4, 0.5) is 0 Å². The maximum atomic E-state index is 13.2. The number of carbonyl (C=O) groups is 1. The largest absolute Gasteiger partial charge is 0.332 e. The van der Waals surface area contributed by atoms with Crippen LogP contribution < -0.4 is 0 Å². The second-order valence-corrected chi connectivity index (χ2v) is 8.41. The van der Waals surface area contributed by atoms with Crippen LogP contribution in [0.3, 0.4) is 0 Å². The van der Waals surface area contributed by atoms with E-state index >= 15 is 0 Å². The maximum Gasteiger partial charge on any atom is 0.226 e. The molecule has 4 aliphatic rings. The van der Waals surface area contributed by atoms with E-state index in [2.05, 4.69) is 19.7 Å². The predicted octanol–water partition coefficient (Wildman–Crippen LogP) is 3.10. The Bertz CT molecular complexity index is 639.